The van der Waals surface area contributed by atoms with E-state index in [0.717, 1.165) is 5.52 Å². The predicted molar refractivity (Wildman–Crippen MR) is 49.9 cm³/mol. The molecule has 5 heteroatoms. The number of rotatable bonds is 2. The van der Waals surface area contributed by atoms with Crippen LogP contribution in [0.25, 0.3) is 11.0 Å². The molecule has 0 fully saturated rings. The van der Waals surface area contributed by atoms with Crippen molar-refractivity contribution >= 4 is 17.0 Å². The van der Waals surface area contributed by atoms with Crippen LogP contribution in [0.5, 0.6) is 0 Å². The largest absolute Gasteiger partial charge is 0.480 e. The van der Waals surface area contributed by atoms with Gasteiger partial charge in [-0.2, -0.15) is 0 Å². The van der Waals surface area contributed by atoms with Crippen LogP contribution in [0, 0.1) is 0 Å². The minimum atomic E-state index is -0.916. The molecule has 0 bridgehead atoms. The summed E-state index contributed by atoms with van der Waals surface area (Å²) >= 11 is 0. The fourth-order valence-electron chi connectivity index (χ4n) is 1.28. The molecular weight excluding hydrogens is 182 g/mol. The fourth-order valence-corrected chi connectivity index (χ4v) is 1.28. The highest BCUT2D eigenvalue weighted by Gasteiger charge is 2.16. The molecule has 2 aromatic rings. The quantitative estimate of drug-likeness (QED) is 0.771. The highest BCUT2D eigenvalue weighted by molar-refractivity contribution is 5.78. The van der Waals surface area contributed by atoms with Crippen molar-refractivity contribution < 1.29 is 9.90 Å². The van der Waals surface area contributed by atoms with Crippen LogP contribution in [0.3, 0.4) is 0 Å². The van der Waals surface area contributed by atoms with E-state index in [1.54, 1.807) is 19.1 Å². The number of hydrogen-bond acceptors (Lipinski definition) is 3. The van der Waals surface area contributed by atoms with Crippen molar-refractivity contribution in [2.24, 2.45) is 0 Å². The van der Waals surface area contributed by atoms with E-state index in [1.165, 1.54) is 4.68 Å². The van der Waals surface area contributed by atoms with Gasteiger partial charge in [0.1, 0.15) is 11.6 Å². The number of carboxylic acids is 1. The van der Waals surface area contributed by atoms with E-state index in [0.29, 0.717) is 5.52 Å². The Labute approximate surface area is 80.0 Å². The predicted octanol–water partition coefficient (Wildman–Crippen LogP) is 1.08. The van der Waals surface area contributed by atoms with Crippen LogP contribution < -0.4 is 0 Å². The molecule has 5 nitrogen and oxygen atoms in total. The lowest BCUT2D eigenvalue weighted by Gasteiger charge is -2.05. The highest BCUT2D eigenvalue weighted by Crippen LogP contribution is 2.14. The normalized spacial score (nSPS) is 12.9. The van der Waals surface area contributed by atoms with Gasteiger partial charge in [-0.1, -0.05) is 17.3 Å². The van der Waals surface area contributed by atoms with Gasteiger partial charge < -0.3 is 5.11 Å². The Kier molecular flexibility index (Phi) is 1.92. The van der Waals surface area contributed by atoms with Gasteiger partial charge in [0.05, 0.1) is 5.52 Å². The Balaban J connectivity index is 2.58. The van der Waals surface area contributed by atoms with Crippen molar-refractivity contribution in [2.45, 2.75) is 13.0 Å². The number of benzene rings is 1. The molecule has 1 heterocycles. The van der Waals surface area contributed by atoms with Gasteiger partial charge >= 0.3 is 5.97 Å². The molecule has 1 aromatic heterocycles. The standard InChI is InChI=1S/C9H9N3O2/c1-6(9(13)14)12-8-5-3-2-4-7(8)10-11-12/h2-6H,1H3,(H,13,14)/t6-/m0/s1. The van der Waals surface area contributed by atoms with Crippen LogP contribution in [0.4, 0.5) is 0 Å². The van der Waals surface area contributed by atoms with Crippen molar-refractivity contribution in [3.63, 3.8) is 0 Å². The minimum absolute atomic E-state index is 0.692. The number of fused-ring (bicyclic) bond motifs is 1. The summed E-state index contributed by atoms with van der Waals surface area (Å²) in [6, 6.07) is 6.58. The number of aromatic nitrogens is 3. The number of carboxylic acid groups (broad SMARTS) is 1. The summed E-state index contributed by atoms with van der Waals surface area (Å²) in [5.74, 6) is -0.916. The molecule has 0 radical (unpaired) electrons. The maximum Gasteiger partial charge on any atom is 0.328 e. The van der Waals surface area contributed by atoms with Crippen molar-refractivity contribution in [1.82, 2.24) is 15.0 Å². The number of nitrogens with zero attached hydrogens (tertiary/aromatic N) is 3. The number of hydrogen-bond donors (Lipinski definition) is 1. The van der Waals surface area contributed by atoms with Gasteiger partial charge in [-0.3, -0.25) is 0 Å². The van der Waals surface area contributed by atoms with Gasteiger partial charge in [-0.25, -0.2) is 9.48 Å². The zero-order chi connectivity index (χ0) is 10.1. The topological polar surface area (TPSA) is 68.0 Å². The Morgan fingerprint density at radius 1 is 1.50 bits per heavy atom. The number of aliphatic carboxylic acids is 1. The Bertz CT molecular complexity index is 478. The Hall–Kier alpha value is -1.91. The summed E-state index contributed by atoms with van der Waals surface area (Å²) in [6.45, 7) is 1.57. The summed E-state index contributed by atoms with van der Waals surface area (Å²) in [4.78, 5) is 10.8. The molecule has 0 aliphatic carbocycles. The average Bonchev–Trinajstić information content (AvgIpc) is 2.60. The number of para-hydroxylation sites is 1. The fraction of sp³-hybridized carbons (Fsp3) is 0.222. The molecule has 1 aromatic carbocycles. The first kappa shape index (κ1) is 8.68. The summed E-state index contributed by atoms with van der Waals surface area (Å²) < 4.78 is 1.40. The molecule has 0 aliphatic rings. The van der Waals surface area contributed by atoms with Gasteiger partial charge in [0.25, 0.3) is 0 Å². The van der Waals surface area contributed by atoms with Crippen molar-refractivity contribution in [2.75, 3.05) is 0 Å². The third kappa shape index (κ3) is 1.22. The van der Waals surface area contributed by atoms with E-state index < -0.39 is 12.0 Å². The van der Waals surface area contributed by atoms with Crippen molar-refractivity contribution in [3.8, 4) is 0 Å². The maximum atomic E-state index is 10.8. The first-order chi connectivity index (χ1) is 6.70. The van der Waals surface area contributed by atoms with Gasteiger partial charge in [-0.15, -0.1) is 5.10 Å². The van der Waals surface area contributed by atoms with Gasteiger partial charge in [0.2, 0.25) is 0 Å². The molecule has 14 heavy (non-hydrogen) atoms. The SMILES string of the molecule is C[C@@H](C(=O)O)n1nnc2ccccc21. The third-order valence-corrected chi connectivity index (χ3v) is 2.10. The molecule has 0 saturated carbocycles. The molecule has 0 unspecified atom stereocenters. The van der Waals surface area contributed by atoms with Gasteiger partial charge in [0, 0.05) is 0 Å². The minimum Gasteiger partial charge on any atom is -0.480 e. The second-order valence-electron chi connectivity index (χ2n) is 3.04. The molecule has 1 N–H and O–H groups in total. The van der Waals surface area contributed by atoms with Crippen LogP contribution in [0.2, 0.25) is 0 Å². The van der Waals surface area contributed by atoms with Crippen LogP contribution >= 0.6 is 0 Å². The summed E-state index contributed by atoms with van der Waals surface area (Å²) in [5.41, 5.74) is 1.45. The van der Waals surface area contributed by atoms with E-state index in [2.05, 4.69) is 10.3 Å². The highest BCUT2D eigenvalue weighted by atomic mass is 16.4. The lowest BCUT2D eigenvalue weighted by Crippen LogP contribution is -2.16. The number of carbonyl (C=O) groups is 1. The van der Waals surface area contributed by atoms with E-state index in [1.807, 2.05) is 12.1 Å². The maximum absolute atomic E-state index is 10.8. The lowest BCUT2D eigenvalue weighted by molar-refractivity contribution is -0.140. The first-order valence-corrected chi connectivity index (χ1v) is 4.23. The Morgan fingerprint density at radius 2 is 2.21 bits per heavy atom. The first-order valence-electron chi connectivity index (χ1n) is 4.23. The van der Waals surface area contributed by atoms with Crippen molar-refractivity contribution in [3.05, 3.63) is 24.3 Å². The van der Waals surface area contributed by atoms with Crippen LogP contribution in [0.15, 0.2) is 24.3 Å². The molecule has 72 valence electrons. The second-order valence-corrected chi connectivity index (χ2v) is 3.04. The molecule has 0 amide bonds. The van der Waals surface area contributed by atoms with Crippen LogP contribution in [0.1, 0.15) is 13.0 Å². The van der Waals surface area contributed by atoms with E-state index in [9.17, 15) is 4.79 Å². The smallest absolute Gasteiger partial charge is 0.328 e. The van der Waals surface area contributed by atoms with E-state index in [-0.39, 0.29) is 0 Å². The van der Waals surface area contributed by atoms with E-state index >= 15 is 0 Å². The molecule has 2 rings (SSSR count). The van der Waals surface area contributed by atoms with Crippen molar-refractivity contribution in [1.29, 1.82) is 0 Å². The van der Waals surface area contributed by atoms with Crippen LogP contribution in [-0.4, -0.2) is 26.1 Å². The summed E-state index contributed by atoms with van der Waals surface area (Å²) in [5, 5.41) is 16.5. The zero-order valence-corrected chi connectivity index (χ0v) is 7.58. The molecule has 0 saturated heterocycles. The van der Waals surface area contributed by atoms with E-state index in [4.69, 9.17) is 5.11 Å². The zero-order valence-electron chi connectivity index (χ0n) is 7.58. The summed E-state index contributed by atoms with van der Waals surface area (Å²) in [6.07, 6.45) is 0. The Morgan fingerprint density at radius 3 is 2.93 bits per heavy atom. The van der Waals surface area contributed by atoms with Gasteiger partial charge in [-0.05, 0) is 19.1 Å². The molecule has 1 atom stereocenters. The third-order valence-electron chi connectivity index (χ3n) is 2.10. The van der Waals surface area contributed by atoms with Gasteiger partial charge in [0.15, 0.2) is 0 Å². The van der Waals surface area contributed by atoms with Crippen LogP contribution in [-0.2, 0) is 4.79 Å². The average molecular weight is 191 g/mol. The lowest BCUT2D eigenvalue weighted by atomic mass is 10.3. The molecular formula is C9H9N3O2. The molecule has 0 aliphatic heterocycles. The summed E-state index contributed by atoms with van der Waals surface area (Å²) in [7, 11) is 0. The monoisotopic (exact) mass is 191 g/mol. The second kappa shape index (κ2) is 3.10. The molecule has 0 spiro atoms.